The lowest BCUT2D eigenvalue weighted by Gasteiger charge is -2.41. The Kier molecular flexibility index (Phi) is 3.86. The van der Waals surface area contributed by atoms with Gasteiger partial charge >= 0.3 is 0 Å². The zero-order valence-electron chi connectivity index (χ0n) is 12.6. The number of benzene rings is 1. The van der Waals surface area contributed by atoms with Gasteiger partial charge in [-0.05, 0) is 43.5 Å². The quantitative estimate of drug-likeness (QED) is 0.798. The van der Waals surface area contributed by atoms with Gasteiger partial charge < -0.3 is 14.4 Å². The molecule has 3 saturated heterocycles. The molecule has 2 bridgehead atoms. The fourth-order valence-electron chi connectivity index (χ4n) is 3.12. The normalized spacial score (nSPS) is 20.2. The van der Waals surface area contributed by atoms with Crippen LogP contribution in [-0.4, -0.2) is 37.5 Å². The molecule has 0 unspecified atom stereocenters. The summed E-state index contributed by atoms with van der Waals surface area (Å²) in [6, 6.07) is 5.79. The van der Waals surface area contributed by atoms with Crippen LogP contribution in [0.4, 0.5) is 0 Å². The lowest BCUT2D eigenvalue weighted by molar-refractivity contribution is -0.125. The molecule has 3 aliphatic rings. The van der Waals surface area contributed by atoms with Gasteiger partial charge in [0.25, 0.3) is 0 Å². The van der Waals surface area contributed by atoms with Crippen molar-refractivity contribution in [2.75, 3.05) is 26.8 Å². The van der Waals surface area contributed by atoms with E-state index in [2.05, 4.69) is 4.90 Å². The van der Waals surface area contributed by atoms with Crippen LogP contribution in [0.2, 0.25) is 0 Å². The van der Waals surface area contributed by atoms with E-state index in [1.165, 1.54) is 0 Å². The summed E-state index contributed by atoms with van der Waals surface area (Å²) in [6.07, 6.45) is 3.99. The number of ether oxygens (including phenoxy) is 2. The van der Waals surface area contributed by atoms with Crippen molar-refractivity contribution >= 4 is 11.9 Å². The first-order valence-corrected chi connectivity index (χ1v) is 7.54. The average molecular weight is 287 g/mol. The maximum Gasteiger partial charge on any atom is 0.182 e. The second-order valence-corrected chi connectivity index (χ2v) is 5.50. The van der Waals surface area contributed by atoms with Crippen LogP contribution in [-0.2, 0) is 4.79 Å². The van der Waals surface area contributed by atoms with Crippen LogP contribution in [0.1, 0.15) is 25.3 Å². The highest BCUT2D eigenvalue weighted by Crippen LogP contribution is 2.34. The second-order valence-electron chi connectivity index (χ2n) is 5.50. The van der Waals surface area contributed by atoms with Crippen molar-refractivity contribution in [2.45, 2.75) is 19.8 Å². The van der Waals surface area contributed by atoms with Gasteiger partial charge in [0.05, 0.1) is 19.4 Å². The molecule has 0 aliphatic carbocycles. The second kappa shape index (κ2) is 5.80. The fourth-order valence-corrected chi connectivity index (χ4v) is 3.12. The first-order valence-electron chi connectivity index (χ1n) is 7.54. The topological polar surface area (TPSA) is 38.8 Å². The Morgan fingerprint density at radius 1 is 1.29 bits per heavy atom. The third-order valence-electron chi connectivity index (χ3n) is 4.25. The van der Waals surface area contributed by atoms with Crippen molar-refractivity contribution in [2.24, 2.45) is 5.92 Å². The predicted molar refractivity (Wildman–Crippen MR) is 81.4 cm³/mol. The number of ketones is 1. The zero-order valence-corrected chi connectivity index (χ0v) is 12.6. The van der Waals surface area contributed by atoms with E-state index in [0.29, 0.717) is 12.4 Å². The van der Waals surface area contributed by atoms with Gasteiger partial charge in [-0.25, -0.2) is 0 Å². The number of hydrogen-bond acceptors (Lipinski definition) is 4. The third kappa shape index (κ3) is 2.62. The van der Waals surface area contributed by atoms with Crippen molar-refractivity contribution in [3.63, 3.8) is 0 Å². The minimum Gasteiger partial charge on any atom is -0.493 e. The number of Topliss-reactive ketones (excluding diaryl/α,β-unsaturated/α-hetero) is 1. The molecule has 3 aliphatic heterocycles. The molecule has 0 amide bonds. The lowest BCUT2D eigenvalue weighted by atomic mass is 9.84. The van der Waals surface area contributed by atoms with Gasteiger partial charge in [-0.3, -0.25) is 4.79 Å². The number of allylic oxidation sites excluding steroid dienone is 1. The highest BCUT2D eigenvalue weighted by atomic mass is 16.5. The van der Waals surface area contributed by atoms with E-state index < -0.39 is 0 Å². The van der Waals surface area contributed by atoms with Crippen molar-refractivity contribution in [3.05, 3.63) is 29.5 Å². The Hall–Kier alpha value is -1.97. The van der Waals surface area contributed by atoms with Crippen LogP contribution >= 0.6 is 0 Å². The molecule has 1 aromatic rings. The molecule has 21 heavy (non-hydrogen) atoms. The Labute approximate surface area is 125 Å². The summed E-state index contributed by atoms with van der Waals surface area (Å²) in [4.78, 5) is 14.6. The summed E-state index contributed by atoms with van der Waals surface area (Å²) in [5.74, 6) is 1.96. The van der Waals surface area contributed by atoms with Gasteiger partial charge in [-0.15, -0.1) is 0 Å². The smallest absolute Gasteiger partial charge is 0.182 e. The van der Waals surface area contributed by atoms with Crippen molar-refractivity contribution in [1.29, 1.82) is 0 Å². The molecule has 0 radical (unpaired) electrons. The summed E-state index contributed by atoms with van der Waals surface area (Å²) >= 11 is 0. The standard InChI is InChI=1S/C17H21NO3/c1-3-21-16-11-12(4-5-15(16)20-2)10-14-17(19)13-6-8-18(14)9-7-13/h4-5,10-11,13H,3,6-9H2,1-2H3/b14-10-. The number of carbonyl (C=O) groups excluding carboxylic acids is 1. The summed E-state index contributed by atoms with van der Waals surface area (Å²) in [5.41, 5.74) is 1.83. The van der Waals surface area contributed by atoms with Gasteiger partial charge in [0.2, 0.25) is 0 Å². The predicted octanol–water partition coefficient (Wildman–Crippen LogP) is 2.73. The van der Waals surface area contributed by atoms with Crippen LogP contribution in [0.5, 0.6) is 11.5 Å². The van der Waals surface area contributed by atoms with Crippen LogP contribution in [0.25, 0.3) is 6.08 Å². The minimum atomic E-state index is 0.228. The Morgan fingerprint density at radius 3 is 2.67 bits per heavy atom. The molecule has 4 heteroatoms. The maximum absolute atomic E-state index is 12.4. The highest BCUT2D eigenvalue weighted by Gasteiger charge is 2.36. The number of methoxy groups -OCH3 is 1. The van der Waals surface area contributed by atoms with E-state index in [4.69, 9.17) is 9.47 Å². The average Bonchev–Trinajstić information content (AvgIpc) is 2.52. The molecule has 0 N–H and O–H groups in total. The first-order chi connectivity index (χ1) is 10.2. The Bertz CT molecular complexity index is 571. The molecule has 4 rings (SSSR count). The molecular formula is C17H21NO3. The third-order valence-corrected chi connectivity index (χ3v) is 4.25. The molecular weight excluding hydrogens is 266 g/mol. The number of piperidine rings is 3. The summed E-state index contributed by atoms with van der Waals surface area (Å²) in [7, 11) is 1.63. The van der Waals surface area contributed by atoms with Crippen molar-refractivity contribution < 1.29 is 14.3 Å². The van der Waals surface area contributed by atoms with Crippen LogP contribution < -0.4 is 9.47 Å². The SMILES string of the molecule is CCOc1cc(/C=C2/C(=O)C3CCN2CC3)ccc1OC. The van der Waals surface area contributed by atoms with E-state index in [0.717, 1.165) is 48.7 Å². The molecule has 0 atom stereocenters. The summed E-state index contributed by atoms with van der Waals surface area (Å²) in [5, 5.41) is 0. The lowest BCUT2D eigenvalue weighted by Crippen LogP contribution is -2.45. The number of carbonyl (C=O) groups is 1. The van der Waals surface area contributed by atoms with Crippen molar-refractivity contribution in [1.82, 2.24) is 4.90 Å². The van der Waals surface area contributed by atoms with Gasteiger partial charge in [0, 0.05) is 19.0 Å². The maximum atomic E-state index is 12.4. The highest BCUT2D eigenvalue weighted by molar-refractivity contribution is 6.01. The zero-order chi connectivity index (χ0) is 14.8. The van der Waals surface area contributed by atoms with E-state index in [9.17, 15) is 4.79 Å². The molecule has 1 aromatic carbocycles. The van der Waals surface area contributed by atoms with Gasteiger partial charge in [-0.2, -0.15) is 0 Å². The molecule has 0 spiro atoms. The fraction of sp³-hybridized carbons (Fsp3) is 0.471. The Balaban J connectivity index is 1.92. The van der Waals surface area contributed by atoms with Crippen LogP contribution in [0.15, 0.2) is 23.9 Å². The summed E-state index contributed by atoms with van der Waals surface area (Å²) < 4.78 is 10.9. The first kappa shape index (κ1) is 14.0. The van der Waals surface area contributed by atoms with Gasteiger partial charge in [-0.1, -0.05) is 6.07 Å². The summed E-state index contributed by atoms with van der Waals surface area (Å²) in [6.45, 7) is 4.52. The number of hydrogen-bond donors (Lipinski definition) is 0. The van der Waals surface area contributed by atoms with E-state index in [1.807, 2.05) is 31.2 Å². The van der Waals surface area contributed by atoms with E-state index >= 15 is 0 Å². The molecule has 3 fully saturated rings. The minimum absolute atomic E-state index is 0.228. The van der Waals surface area contributed by atoms with Crippen LogP contribution in [0, 0.1) is 5.92 Å². The molecule has 0 aromatic heterocycles. The number of nitrogens with zero attached hydrogens (tertiary/aromatic N) is 1. The Morgan fingerprint density at radius 2 is 2.05 bits per heavy atom. The molecule has 112 valence electrons. The number of fused-ring (bicyclic) bond motifs is 3. The van der Waals surface area contributed by atoms with Gasteiger partial charge in [0.15, 0.2) is 17.3 Å². The largest absolute Gasteiger partial charge is 0.493 e. The molecule has 0 saturated carbocycles. The van der Waals surface area contributed by atoms with Gasteiger partial charge in [0.1, 0.15) is 0 Å². The van der Waals surface area contributed by atoms with Crippen molar-refractivity contribution in [3.8, 4) is 11.5 Å². The van der Waals surface area contributed by atoms with E-state index in [1.54, 1.807) is 7.11 Å². The van der Waals surface area contributed by atoms with Crippen LogP contribution in [0.3, 0.4) is 0 Å². The monoisotopic (exact) mass is 287 g/mol. The molecule has 3 heterocycles. The number of rotatable bonds is 4. The van der Waals surface area contributed by atoms with E-state index in [-0.39, 0.29) is 5.92 Å². The molecule has 4 nitrogen and oxygen atoms in total.